The molecule has 1 aliphatic carbocycles. The number of Topliss-reactive ketones (excluding diaryl/α,β-unsaturated/α-hetero) is 1. The lowest BCUT2D eigenvalue weighted by molar-refractivity contribution is 0.0697. The van der Waals surface area contributed by atoms with Gasteiger partial charge in [-0.3, -0.25) is 4.79 Å². The number of hydrogen-bond donors (Lipinski definition) is 1. The molecule has 0 unspecified atom stereocenters. The second-order valence-electron chi connectivity index (χ2n) is 5.89. The summed E-state index contributed by atoms with van der Waals surface area (Å²) in [6, 6.07) is 17.7. The third-order valence-corrected chi connectivity index (χ3v) is 4.30. The Bertz CT molecular complexity index is 1020. The van der Waals surface area contributed by atoms with E-state index in [1.807, 2.05) is 24.3 Å². The van der Waals surface area contributed by atoms with Crippen LogP contribution in [0.25, 0.3) is 17.4 Å². The van der Waals surface area contributed by atoms with E-state index in [0.717, 1.165) is 11.1 Å². The molecule has 4 heteroatoms. The predicted molar refractivity (Wildman–Crippen MR) is 93.6 cm³/mol. The number of hydrogen-bond acceptors (Lipinski definition) is 3. The second-order valence-corrected chi connectivity index (χ2v) is 5.89. The van der Waals surface area contributed by atoms with Crippen molar-refractivity contribution < 1.29 is 19.1 Å². The third kappa shape index (κ3) is 2.68. The van der Waals surface area contributed by atoms with Gasteiger partial charge in [-0.15, -0.1) is 0 Å². The number of fused-ring (bicyclic) bond motifs is 1. The zero-order chi connectivity index (χ0) is 17.4. The monoisotopic (exact) mass is 330 g/mol. The molecule has 0 saturated heterocycles. The summed E-state index contributed by atoms with van der Waals surface area (Å²) in [7, 11) is 0. The number of carboxylic acid groups (broad SMARTS) is 1. The molecule has 4 rings (SSSR count). The van der Waals surface area contributed by atoms with Gasteiger partial charge in [-0.1, -0.05) is 42.5 Å². The number of benzene rings is 2. The standard InChI is InChI=1S/C21H14O4/c22-20-14(11-13-5-1-2-6-16(13)20)12-15-9-10-19(25-15)17-7-3-4-8-18(17)21(23)24/h1-10,12H,11H2,(H,23,24). The highest BCUT2D eigenvalue weighted by molar-refractivity contribution is 6.15. The smallest absolute Gasteiger partial charge is 0.336 e. The van der Waals surface area contributed by atoms with Crippen LogP contribution < -0.4 is 0 Å². The highest BCUT2D eigenvalue weighted by atomic mass is 16.4. The number of rotatable bonds is 3. The van der Waals surface area contributed by atoms with Gasteiger partial charge in [-0.25, -0.2) is 4.79 Å². The largest absolute Gasteiger partial charge is 0.478 e. The van der Waals surface area contributed by atoms with Gasteiger partial charge in [-0.05, 0) is 29.8 Å². The van der Waals surface area contributed by atoms with Gasteiger partial charge >= 0.3 is 5.97 Å². The SMILES string of the molecule is O=C1C(=Cc2ccc(-c3ccccc3C(=O)O)o2)Cc2ccccc21. The van der Waals surface area contributed by atoms with Gasteiger partial charge in [-0.2, -0.15) is 0 Å². The Morgan fingerprint density at radius 3 is 2.44 bits per heavy atom. The first-order chi connectivity index (χ1) is 12.1. The Hall–Kier alpha value is -3.40. The van der Waals surface area contributed by atoms with Gasteiger partial charge in [0.2, 0.25) is 0 Å². The maximum Gasteiger partial charge on any atom is 0.336 e. The molecular formula is C21H14O4. The predicted octanol–water partition coefficient (Wildman–Crippen LogP) is 4.47. The number of aromatic carboxylic acids is 1. The van der Waals surface area contributed by atoms with Crippen molar-refractivity contribution in [2.24, 2.45) is 0 Å². The van der Waals surface area contributed by atoms with E-state index in [9.17, 15) is 14.7 Å². The van der Waals surface area contributed by atoms with Crippen LogP contribution in [-0.4, -0.2) is 16.9 Å². The molecule has 4 nitrogen and oxygen atoms in total. The minimum atomic E-state index is -1.01. The number of carbonyl (C=O) groups excluding carboxylic acids is 1. The fourth-order valence-corrected chi connectivity index (χ4v) is 3.10. The average molecular weight is 330 g/mol. The molecule has 3 aromatic rings. The van der Waals surface area contributed by atoms with Gasteiger partial charge in [0, 0.05) is 23.1 Å². The van der Waals surface area contributed by atoms with Crippen molar-refractivity contribution in [2.75, 3.05) is 0 Å². The quantitative estimate of drug-likeness (QED) is 0.720. The minimum Gasteiger partial charge on any atom is -0.478 e. The van der Waals surface area contributed by atoms with Crippen LogP contribution in [-0.2, 0) is 6.42 Å². The lowest BCUT2D eigenvalue weighted by atomic mass is 10.1. The van der Waals surface area contributed by atoms with Crippen LogP contribution in [0.2, 0.25) is 0 Å². The first-order valence-electron chi connectivity index (χ1n) is 7.89. The van der Waals surface area contributed by atoms with E-state index in [-0.39, 0.29) is 11.3 Å². The van der Waals surface area contributed by atoms with E-state index in [0.29, 0.717) is 29.1 Å². The summed E-state index contributed by atoms with van der Waals surface area (Å²) in [5, 5.41) is 9.30. The van der Waals surface area contributed by atoms with E-state index in [2.05, 4.69) is 0 Å². The molecule has 1 heterocycles. The topological polar surface area (TPSA) is 67.5 Å². The van der Waals surface area contributed by atoms with Crippen LogP contribution >= 0.6 is 0 Å². The Morgan fingerprint density at radius 2 is 1.68 bits per heavy atom. The molecular weight excluding hydrogens is 316 g/mol. The van der Waals surface area contributed by atoms with Crippen molar-refractivity contribution in [3.63, 3.8) is 0 Å². The van der Waals surface area contributed by atoms with E-state index in [1.54, 1.807) is 36.4 Å². The van der Waals surface area contributed by atoms with Crippen LogP contribution in [0.4, 0.5) is 0 Å². The highest BCUT2D eigenvalue weighted by Gasteiger charge is 2.24. The molecule has 2 aromatic carbocycles. The molecule has 0 amide bonds. The molecule has 0 saturated carbocycles. The third-order valence-electron chi connectivity index (χ3n) is 4.30. The molecule has 1 aliphatic rings. The Labute approximate surface area is 144 Å². The summed E-state index contributed by atoms with van der Waals surface area (Å²) in [6.45, 7) is 0. The summed E-state index contributed by atoms with van der Waals surface area (Å²) in [5.41, 5.74) is 3.12. The first-order valence-corrected chi connectivity index (χ1v) is 7.89. The Morgan fingerprint density at radius 1 is 0.960 bits per heavy atom. The molecule has 0 aliphatic heterocycles. The number of carbonyl (C=O) groups is 2. The van der Waals surface area contributed by atoms with Crippen molar-refractivity contribution in [3.8, 4) is 11.3 Å². The van der Waals surface area contributed by atoms with E-state index < -0.39 is 5.97 Å². The fraction of sp³-hybridized carbons (Fsp3) is 0.0476. The number of ketones is 1. The molecule has 122 valence electrons. The van der Waals surface area contributed by atoms with Crippen molar-refractivity contribution in [2.45, 2.75) is 6.42 Å². The lowest BCUT2D eigenvalue weighted by Gasteiger charge is -2.02. The second kappa shape index (κ2) is 5.91. The van der Waals surface area contributed by atoms with Crippen molar-refractivity contribution in [1.82, 2.24) is 0 Å². The molecule has 0 bridgehead atoms. The van der Waals surface area contributed by atoms with Crippen LogP contribution in [0.5, 0.6) is 0 Å². The summed E-state index contributed by atoms with van der Waals surface area (Å²) in [5.74, 6) is 0.00645. The normalized spacial score (nSPS) is 14.7. The van der Waals surface area contributed by atoms with Crippen LogP contribution in [0.15, 0.2) is 70.7 Å². The molecule has 0 fully saturated rings. The van der Waals surface area contributed by atoms with Crippen molar-refractivity contribution >= 4 is 17.8 Å². The summed E-state index contributed by atoms with van der Waals surface area (Å²) < 4.78 is 5.78. The van der Waals surface area contributed by atoms with E-state index in [4.69, 9.17) is 4.42 Å². The number of furan rings is 1. The summed E-state index contributed by atoms with van der Waals surface area (Å²) in [4.78, 5) is 23.8. The summed E-state index contributed by atoms with van der Waals surface area (Å²) in [6.07, 6.45) is 2.31. The molecule has 0 atom stereocenters. The average Bonchev–Trinajstić information content (AvgIpc) is 3.21. The van der Waals surface area contributed by atoms with Crippen LogP contribution in [0, 0.1) is 0 Å². The number of carboxylic acids is 1. The highest BCUT2D eigenvalue weighted by Crippen LogP contribution is 2.30. The number of allylic oxidation sites excluding steroid dienone is 1. The van der Waals surface area contributed by atoms with Crippen molar-refractivity contribution in [3.05, 3.63) is 88.7 Å². The maximum absolute atomic E-state index is 12.4. The lowest BCUT2D eigenvalue weighted by Crippen LogP contribution is -1.98. The van der Waals surface area contributed by atoms with Gasteiger partial charge in [0.25, 0.3) is 0 Å². The van der Waals surface area contributed by atoms with E-state index >= 15 is 0 Å². The molecule has 25 heavy (non-hydrogen) atoms. The zero-order valence-electron chi connectivity index (χ0n) is 13.2. The summed E-state index contributed by atoms with van der Waals surface area (Å²) >= 11 is 0. The zero-order valence-corrected chi connectivity index (χ0v) is 13.2. The maximum atomic E-state index is 12.4. The first kappa shape index (κ1) is 15.1. The van der Waals surface area contributed by atoms with E-state index in [1.165, 1.54) is 6.07 Å². The van der Waals surface area contributed by atoms with Crippen LogP contribution in [0.1, 0.15) is 32.0 Å². The molecule has 1 N–H and O–H groups in total. The van der Waals surface area contributed by atoms with Gasteiger partial charge in [0.15, 0.2) is 5.78 Å². The van der Waals surface area contributed by atoms with Crippen molar-refractivity contribution in [1.29, 1.82) is 0 Å². The minimum absolute atomic E-state index is 0.0134. The van der Waals surface area contributed by atoms with Gasteiger partial charge < -0.3 is 9.52 Å². The Kier molecular flexibility index (Phi) is 3.58. The van der Waals surface area contributed by atoms with Gasteiger partial charge in [0.05, 0.1) is 5.56 Å². The fourth-order valence-electron chi connectivity index (χ4n) is 3.10. The molecule has 0 spiro atoms. The van der Waals surface area contributed by atoms with Crippen LogP contribution in [0.3, 0.4) is 0 Å². The molecule has 1 aromatic heterocycles. The Balaban J connectivity index is 1.68. The molecule has 0 radical (unpaired) electrons. The van der Waals surface area contributed by atoms with Gasteiger partial charge in [0.1, 0.15) is 11.5 Å².